The van der Waals surface area contributed by atoms with E-state index in [0.717, 1.165) is 28.7 Å². The summed E-state index contributed by atoms with van der Waals surface area (Å²) in [5, 5.41) is 0. The van der Waals surface area contributed by atoms with Crippen LogP contribution < -0.4 is 0 Å². The zero-order valence-electron chi connectivity index (χ0n) is 18.0. The predicted molar refractivity (Wildman–Crippen MR) is 126 cm³/mol. The van der Waals surface area contributed by atoms with E-state index in [9.17, 15) is 9.59 Å². The first-order valence-electron chi connectivity index (χ1n) is 10.9. The number of carbonyl (C=O) groups is 2. The van der Waals surface area contributed by atoms with Gasteiger partial charge in [-0.05, 0) is 58.5 Å². The highest BCUT2D eigenvalue weighted by Gasteiger charge is 2.24. The minimum atomic E-state index is -0.383. The third-order valence-electron chi connectivity index (χ3n) is 5.93. The van der Waals surface area contributed by atoms with Crippen LogP contribution in [-0.4, -0.2) is 11.9 Å². The molecule has 1 aliphatic rings. The van der Waals surface area contributed by atoms with Gasteiger partial charge in [-0.15, -0.1) is 0 Å². The van der Waals surface area contributed by atoms with Crippen LogP contribution >= 0.6 is 0 Å². The van der Waals surface area contributed by atoms with Crippen molar-refractivity contribution in [3.05, 3.63) is 130 Å². The molecule has 0 bridgehead atoms. The fourth-order valence-electron chi connectivity index (χ4n) is 4.23. The highest BCUT2D eigenvalue weighted by atomic mass is 16.5. The summed E-state index contributed by atoms with van der Waals surface area (Å²) in [6, 6.07) is 30.2. The molecule has 0 radical (unpaired) electrons. The molecule has 1 aliphatic carbocycles. The van der Waals surface area contributed by atoms with Gasteiger partial charge in [0.1, 0.15) is 13.2 Å². The average molecular weight is 434 g/mol. The van der Waals surface area contributed by atoms with Crippen molar-refractivity contribution in [3.63, 3.8) is 0 Å². The molecular weight excluding hydrogens is 412 g/mol. The van der Waals surface area contributed by atoms with Crippen LogP contribution in [0.15, 0.2) is 97.1 Å². The van der Waals surface area contributed by atoms with Gasteiger partial charge in [-0.1, -0.05) is 72.8 Å². The van der Waals surface area contributed by atoms with Gasteiger partial charge in [0.2, 0.25) is 0 Å². The van der Waals surface area contributed by atoms with Crippen molar-refractivity contribution in [2.75, 3.05) is 0 Å². The standard InChI is InChI=1S/C29H22O4/c30-28(20-9-3-1-4-10-20)32-18-23-15-16-25-24-14-8-7-13-22(24)17-26(25)27(23)19-33-29(31)21-11-5-2-6-12-21/h1-16H,17-19H2. The van der Waals surface area contributed by atoms with E-state index in [4.69, 9.17) is 9.47 Å². The van der Waals surface area contributed by atoms with Crippen LogP contribution in [0, 0.1) is 0 Å². The molecule has 0 N–H and O–H groups in total. The van der Waals surface area contributed by atoms with Gasteiger partial charge in [-0.25, -0.2) is 9.59 Å². The van der Waals surface area contributed by atoms with E-state index in [1.807, 2.05) is 42.5 Å². The Balaban J connectivity index is 1.42. The number of hydrogen-bond donors (Lipinski definition) is 0. The van der Waals surface area contributed by atoms with Crippen LogP contribution in [0.3, 0.4) is 0 Å². The van der Waals surface area contributed by atoms with Crippen LogP contribution in [0.25, 0.3) is 11.1 Å². The highest BCUT2D eigenvalue weighted by molar-refractivity contribution is 5.90. The SMILES string of the molecule is O=C(OCc1ccc2c(c1COC(=O)c1ccccc1)Cc1ccccc1-2)c1ccccc1. The first-order chi connectivity index (χ1) is 16.2. The highest BCUT2D eigenvalue weighted by Crippen LogP contribution is 2.39. The third kappa shape index (κ3) is 4.28. The topological polar surface area (TPSA) is 52.6 Å². The van der Waals surface area contributed by atoms with Crippen molar-refractivity contribution in [2.45, 2.75) is 19.6 Å². The Hall–Kier alpha value is -4.18. The van der Waals surface area contributed by atoms with E-state index in [-0.39, 0.29) is 25.2 Å². The van der Waals surface area contributed by atoms with E-state index in [2.05, 4.69) is 18.2 Å². The minimum Gasteiger partial charge on any atom is -0.457 e. The summed E-state index contributed by atoms with van der Waals surface area (Å²) in [7, 11) is 0. The fraction of sp³-hybridized carbons (Fsp3) is 0.103. The number of hydrogen-bond acceptors (Lipinski definition) is 4. The van der Waals surface area contributed by atoms with Crippen molar-refractivity contribution in [3.8, 4) is 11.1 Å². The summed E-state index contributed by atoms with van der Waals surface area (Å²) in [5.74, 6) is -0.762. The van der Waals surface area contributed by atoms with E-state index >= 15 is 0 Å². The van der Waals surface area contributed by atoms with Crippen molar-refractivity contribution >= 4 is 11.9 Å². The molecular formula is C29H22O4. The summed E-state index contributed by atoms with van der Waals surface area (Å²) in [4.78, 5) is 25.1. The summed E-state index contributed by atoms with van der Waals surface area (Å²) in [6.45, 7) is 0.221. The lowest BCUT2D eigenvalue weighted by molar-refractivity contribution is 0.0435. The molecule has 4 aromatic carbocycles. The number of esters is 2. The molecule has 0 unspecified atom stereocenters. The Morgan fingerprint density at radius 2 is 1.18 bits per heavy atom. The number of benzene rings is 4. The minimum absolute atomic E-state index is 0.107. The van der Waals surface area contributed by atoms with E-state index in [0.29, 0.717) is 11.1 Å². The Morgan fingerprint density at radius 3 is 1.85 bits per heavy atom. The molecule has 4 aromatic rings. The number of ether oxygens (including phenoxy) is 2. The van der Waals surface area contributed by atoms with Gasteiger partial charge in [0.25, 0.3) is 0 Å². The maximum atomic E-state index is 12.6. The fourth-order valence-corrected chi connectivity index (χ4v) is 4.23. The molecule has 0 atom stereocenters. The van der Waals surface area contributed by atoms with Crippen molar-refractivity contribution in [1.29, 1.82) is 0 Å². The largest absolute Gasteiger partial charge is 0.457 e. The zero-order valence-corrected chi connectivity index (χ0v) is 18.0. The molecule has 4 heteroatoms. The van der Waals surface area contributed by atoms with Gasteiger partial charge in [-0.2, -0.15) is 0 Å². The Kier molecular flexibility index (Phi) is 5.73. The van der Waals surface area contributed by atoms with E-state index in [1.54, 1.807) is 36.4 Å². The van der Waals surface area contributed by atoms with Crippen LogP contribution in [0.2, 0.25) is 0 Å². The number of carbonyl (C=O) groups excluding carboxylic acids is 2. The summed E-state index contributed by atoms with van der Waals surface area (Å²) in [6.07, 6.45) is 0.754. The van der Waals surface area contributed by atoms with Crippen molar-refractivity contribution < 1.29 is 19.1 Å². The molecule has 0 aliphatic heterocycles. The van der Waals surface area contributed by atoms with E-state index < -0.39 is 0 Å². The molecule has 33 heavy (non-hydrogen) atoms. The van der Waals surface area contributed by atoms with Gasteiger partial charge in [0.05, 0.1) is 11.1 Å². The first kappa shape index (κ1) is 20.7. The van der Waals surface area contributed by atoms with Crippen LogP contribution in [0.1, 0.15) is 43.0 Å². The normalized spacial score (nSPS) is 11.4. The lowest BCUT2D eigenvalue weighted by Gasteiger charge is -2.16. The maximum Gasteiger partial charge on any atom is 0.338 e. The third-order valence-corrected chi connectivity index (χ3v) is 5.93. The lowest BCUT2D eigenvalue weighted by Crippen LogP contribution is -2.11. The predicted octanol–water partition coefficient (Wildman–Crippen LogP) is 5.97. The molecule has 0 saturated carbocycles. The van der Waals surface area contributed by atoms with E-state index in [1.165, 1.54) is 11.1 Å². The second-order valence-electron chi connectivity index (χ2n) is 7.95. The average Bonchev–Trinajstić information content (AvgIpc) is 3.26. The lowest BCUT2D eigenvalue weighted by atomic mass is 9.96. The van der Waals surface area contributed by atoms with Gasteiger partial charge in [0, 0.05) is 5.56 Å². The molecule has 0 heterocycles. The number of rotatable bonds is 6. The van der Waals surface area contributed by atoms with Gasteiger partial charge >= 0.3 is 11.9 Å². The molecule has 162 valence electrons. The van der Waals surface area contributed by atoms with Gasteiger partial charge < -0.3 is 9.47 Å². The smallest absolute Gasteiger partial charge is 0.338 e. The monoisotopic (exact) mass is 434 g/mol. The van der Waals surface area contributed by atoms with Crippen LogP contribution in [0.5, 0.6) is 0 Å². The molecule has 0 saturated heterocycles. The molecule has 5 rings (SSSR count). The Labute approximate surface area is 192 Å². The van der Waals surface area contributed by atoms with Gasteiger partial charge in [0.15, 0.2) is 0 Å². The Morgan fingerprint density at radius 1 is 0.606 bits per heavy atom. The summed E-state index contributed by atoms with van der Waals surface area (Å²) < 4.78 is 11.3. The zero-order chi connectivity index (χ0) is 22.6. The maximum absolute atomic E-state index is 12.6. The second kappa shape index (κ2) is 9.13. The Bertz CT molecular complexity index is 1310. The molecule has 0 aromatic heterocycles. The van der Waals surface area contributed by atoms with Crippen molar-refractivity contribution in [1.82, 2.24) is 0 Å². The quantitative estimate of drug-likeness (QED) is 0.309. The van der Waals surface area contributed by atoms with Crippen LogP contribution in [0.4, 0.5) is 0 Å². The molecule has 0 amide bonds. The van der Waals surface area contributed by atoms with Crippen LogP contribution in [-0.2, 0) is 29.1 Å². The number of fused-ring (bicyclic) bond motifs is 3. The second-order valence-corrected chi connectivity index (χ2v) is 7.95. The summed E-state index contributed by atoms with van der Waals surface area (Å²) in [5.41, 5.74) is 7.42. The molecule has 0 fully saturated rings. The van der Waals surface area contributed by atoms with Crippen molar-refractivity contribution in [2.24, 2.45) is 0 Å². The molecule has 0 spiro atoms. The molecule has 4 nitrogen and oxygen atoms in total. The first-order valence-corrected chi connectivity index (χ1v) is 10.9. The van der Waals surface area contributed by atoms with Gasteiger partial charge in [-0.3, -0.25) is 0 Å². The summed E-state index contributed by atoms with van der Waals surface area (Å²) >= 11 is 0.